The Bertz CT molecular complexity index is 1190. The highest BCUT2D eigenvalue weighted by atomic mass is 19.4. The number of hydrogen-bond donors (Lipinski definition) is 3. The van der Waals surface area contributed by atoms with Gasteiger partial charge in [-0.3, -0.25) is 0 Å². The molecule has 0 bridgehead atoms. The van der Waals surface area contributed by atoms with Gasteiger partial charge in [0.05, 0.1) is 18.9 Å². The second kappa shape index (κ2) is 10.4. The maximum Gasteiger partial charge on any atom is 0.389 e. The Balaban J connectivity index is 1.39. The Labute approximate surface area is 220 Å². The quantitative estimate of drug-likeness (QED) is 0.449. The molecule has 3 aliphatic rings. The molecule has 1 aromatic carbocycles. The van der Waals surface area contributed by atoms with Crippen LogP contribution in [0, 0.1) is 18.8 Å². The number of nitrogens with one attached hydrogen (secondary N) is 2. The Morgan fingerprint density at radius 2 is 2.13 bits per heavy atom. The zero-order chi connectivity index (χ0) is 27.1. The number of halogens is 3. The summed E-state index contributed by atoms with van der Waals surface area (Å²) < 4.78 is 44.0. The Kier molecular flexibility index (Phi) is 7.30. The van der Waals surface area contributed by atoms with Crippen LogP contribution in [0.5, 0.6) is 0 Å². The lowest BCUT2D eigenvalue weighted by Gasteiger charge is -2.24. The highest BCUT2D eigenvalue weighted by molar-refractivity contribution is 5.90. The van der Waals surface area contributed by atoms with Crippen molar-refractivity contribution < 1.29 is 27.8 Å². The first-order valence-electron chi connectivity index (χ1n) is 13.3. The summed E-state index contributed by atoms with van der Waals surface area (Å²) in [6.45, 7) is 5.72. The second-order valence-corrected chi connectivity index (χ2v) is 11.1. The lowest BCUT2D eigenvalue weighted by atomic mass is 9.90. The molecule has 2 amide bonds. The van der Waals surface area contributed by atoms with E-state index in [0.717, 1.165) is 41.8 Å². The van der Waals surface area contributed by atoms with Crippen molar-refractivity contribution in [3.63, 3.8) is 0 Å². The minimum atomic E-state index is -4.22. The largest absolute Gasteiger partial charge is 0.394 e. The van der Waals surface area contributed by atoms with Crippen LogP contribution < -0.4 is 10.6 Å². The SMILES string of the molecule is Cc1ccc(NC(=O)N2CCC(CC(F)(F)F)C2)cc1-c1cc(NC(C)CO)nc([C@@]23CCOC[C@@H]2C3)c1. The fourth-order valence-corrected chi connectivity index (χ4v) is 5.86. The normalized spacial score (nSPS) is 25.6. The van der Waals surface area contributed by atoms with Crippen molar-refractivity contribution in [3.05, 3.63) is 41.6 Å². The lowest BCUT2D eigenvalue weighted by Crippen LogP contribution is -2.33. The van der Waals surface area contributed by atoms with Crippen LogP contribution >= 0.6 is 0 Å². The molecule has 3 heterocycles. The first-order valence-corrected chi connectivity index (χ1v) is 13.3. The summed E-state index contributed by atoms with van der Waals surface area (Å²) in [7, 11) is 0. The van der Waals surface area contributed by atoms with Crippen molar-refractivity contribution in [2.75, 3.05) is 43.5 Å². The lowest BCUT2D eigenvalue weighted by molar-refractivity contribution is -0.143. The molecule has 38 heavy (non-hydrogen) atoms. The number of urea groups is 1. The summed E-state index contributed by atoms with van der Waals surface area (Å²) in [5.41, 5.74) is 4.51. The molecule has 5 rings (SSSR count). The maximum atomic E-state index is 12.9. The van der Waals surface area contributed by atoms with E-state index in [1.807, 2.05) is 38.1 Å². The smallest absolute Gasteiger partial charge is 0.389 e. The Morgan fingerprint density at radius 1 is 1.32 bits per heavy atom. The van der Waals surface area contributed by atoms with Crippen LogP contribution in [0.4, 0.5) is 29.5 Å². The van der Waals surface area contributed by atoms with Crippen LogP contribution in [0.1, 0.15) is 43.9 Å². The van der Waals surface area contributed by atoms with Gasteiger partial charge < -0.3 is 25.4 Å². The Morgan fingerprint density at radius 3 is 2.87 bits per heavy atom. The number of likely N-dealkylation sites (tertiary alicyclic amines) is 1. The van der Waals surface area contributed by atoms with Crippen LogP contribution in [0.2, 0.25) is 0 Å². The van der Waals surface area contributed by atoms with Gasteiger partial charge >= 0.3 is 12.2 Å². The third kappa shape index (κ3) is 5.76. The number of hydrogen-bond acceptors (Lipinski definition) is 5. The molecule has 7 nitrogen and oxygen atoms in total. The van der Waals surface area contributed by atoms with Gasteiger partial charge in [0.25, 0.3) is 0 Å². The zero-order valence-electron chi connectivity index (χ0n) is 21.8. The van der Waals surface area contributed by atoms with Gasteiger partial charge in [0.2, 0.25) is 0 Å². The van der Waals surface area contributed by atoms with E-state index in [4.69, 9.17) is 9.72 Å². The van der Waals surface area contributed by atoms with E-state index in [-0.39, 0.29) is 30.6 Å². The fourth-order valence-electron chi connectivity index (χ4n) is 5.86. The molecule has 10 heteroatoms. The van der Waals surface area contributed by atoms with E-state index in [9.17, 15) is 23.1 Å². The van der Waals surface area contributed by atoms with E-state index in [1.165, 1.54) is 4.90 Å². The third-order valence-corrected chi connectivity index (χ3v) is 8.14. The molecule has 2 saturated heterocycles. The van der Waals surface area contributed by atoms with Gasteiger partial charge in [0.15, 0.2) is 0 Å². The number of aromatic nitrogens is 1. The van der Waals surface area contributed by atoms with Crippen molar-refractivity contribution in [3.8, 4) is 11.1 Å². The van der Waals surface area contributed by atoms with E-state index >= 15 is 0 Å². The molecular formula is C28H35F3N4O3. The van der Waals surface area contributed by atoms with Gasteiger partial charge in [-0.05, 0) is 85.9 Å². The number of amides is 2. The van der Waals surface area contributed by atoms with E-state index in [0.29, 0.717) is 37.0 Å². The van der Waals surface area contributed by atoms with E-state index in [1.54, 1.807) is 0 Å². The van der Waals surface area contributed by atoms with E-state index in [2.05, 4.69) is 16.7 Å². The van der Waals surface area contributed by atoms with Crippen LogP contribution in [0.25, 0.3) is 11.1 Å². The van der Waals surface area contributed by atoms with Crippen molar-refractivity contribution in [2.45, 2.75) is 57.2 Å². The maximum absolute atomic E-state index is 12.9. The molecule has 4 atom stereocenters. The second-order valence-electron chi connectivity index (χ2n) is 11.1. The molecular weight excluding hydrogens is 497 g/mol. The van der Waals surface area contributed by atoms with Gasteiger partial charge in [-0.15, -0.1) is 0 Å². The summed E-state index contributed by atoms with van der Waals surface area (Å²) in [6, 6.07) is 9.17. The number of nitrogens with zero attached hydrogens (tertiary/aromatic N) is 2. The monoisotopic (exact) mass is 532 g/mol. The summed E-state index contributed by atoms with van der Waals surface area (Å²) in [5.74, 6) is 0.579. The number of carbonyl (C=O) groups excluding carboxylic acids is 1. The molecule has 1 saturated carbocycles. The summed E-state index contributed by atoms with van der Waals surface area (Å²) in [4.78, 5) is 19.2. The summed E-state index contributed by atoms with van der Waals surface area (Å²) in [5, 5.41) is 15.7. The minimum Gasteiger partial charge on any atom is -0.394 e. The molecule has 206 valence electrons. The number of alkyl halides is 3. The molecule has 1 aromatic heterocycles. The number of aryl methyl sites for hydroxylation is 1. The zero-order valence-corrected chi connectivity index (χ0v) is 21.8. The number of carbonyl (C=O) groups is 1. The molecule has 3 fully saturated rings. The molecule has 2 aromatic rings. The predicted octanol–water partition coefficient (Wildman–Crippen LogP) is 5.33. The van der Waals surface area contributed by atoms with Gasteiger partial charge in [-0.1, -0.05) is 6.07 Å². The number of aliphatic hydroxyl groups excluding tert-OH is 1. The highest BCUT2D eigenvalue weighted by Gasteiger charge is 2.57. The predicted molar refractivity (Wildman–Crippen MR) is 139 cm³/mol. The Hall–Kier alpha value is -2.85. The molecule has 1 aliphatic carbocycles. The van der Waals surface area contributed by atoms with E-state index < -0.39 is 18.5 Å². The first-order chi connectivity index (χ1) is 18.1. The molecule has 2 aliphatic heterocycles. The standard InChI is InChI=1S/C28H35F3N4O3/c1-17-3-4-22(33-26(37)35-7-5-19(14-35)12-28(29,30)31)11-23(17)20-9-24(27-6-8-38-16-21(27)13-27)34-25(10-20)32-18(2)15-36/h3-4,9-11,18-19,21,36H,5-8,12-16H2,1-2H3,(H,32,34)(H,33,37)/t18?,19?,21-,27+/m0/s1. The van der Waals surface area contributed by atoms with Crippen molar-refractivity contribution in [1.82, 2.24) is 9.88 Å². The molecule has 0 radical (unpaired) electrons. The molecule has 3 N–H and O–H groups in total. The number of aliphatic hydroxyl groups is 1. The summed E-state index contributed by atoms with van der Waals surface area (Å²) in [6.07, 6.45) is -2.78. The van der Waals surface area contributed by atoms with Gasteiger partial charge in [-0.2, -0.15) is 13.2 Å². The van der Waals surface area contributed by atoms with Crippen molar-refractivity contribution in [2.24, 2.45) is 11.8 Å². The third-order valence-electron chi connectivity index (χ3n) is 8.14. The van der Waals surface area contributed by atoms with Crippen LogP contribution in [0.3, 0.4) is 0 Å². The van der Waals surface area contributed by atoms with Crippen LogP contribution in [-0.4, -0.2) is 66.1 Å². The number of anilines is 2. The average Bonchev–Trinajstić information content (AvgIpc) is 3.46. The highest BCUT2D eigenvalue weighted by Crippen LogP contribution is 2.58. The number of ether oxygens (including phenoxy) is 1. The van der Waals surface area contributed by atoms with Crippen LogP contribution in [-0.2, 0) is 10.2 Å². The number of rotatable bonds is 7. The molecule has 0 spiro atoms. The molecule has 2 unspecified atom stereocenters. The van der Waals surface area contributed by atoms with Crippen molar-refractivity contribution >= 4 is 17.5 Å². The van der Waals surface area contributed by atoms with Gasteiger partial charge in [-0.25, -0.2) is 9.78 Å². The minimum absolute atomic E-state index is 0.00951. The summed E-state index contributed by atoms with van der Waals surface area (Å²) >= 11 is 0. The van der Waals surface area contributed by atoms with Crippen molar-refractivity contribution in [1.29, 1.82) is 0 Å². The van der Waals surface area contributed by atoms with Gasteiger partial charge in [0, 0.05) is 43.3 Å². The number of benzene rings is 1. The number of fused-ring (bicyclic) bond motifs is 1. The van der Waals surface area contributed by atoms with Crippen LogP contribution in [0.15, 0.2) is 30.3 Å². The topological polar surface area (TPSA) is 86.7 Å². The van der Waals surface area contributed by atoms with Gasteiger partial charge in [0.1, 0.15) is 5.82 Å². The first kappa shape index (κ1) is 26.7. The number of pyridine rings is 1. The average molecular weight is 533 g/mol. The fraction of sp³-hybridized carbons (Fsp3) is 0.571.